The Kier molecular flexibility index (Phi) is 5.04. The summed E-state index contributed by atoms with van der Waals surface area (Å²) >= 11 is 5.99. The summed E-state index contributed by atoms with van der Waals surface area (Å²) < 4.78 is 0. The SMILES string of the molecule is CCCN1CCC(CNC)C1c1ccc(Cl)cc1. The zero-order valence-electron chi connectivity index (χ0n) is 11.3. The van der Waals surface area contributed by atoms with Gasteiger partial charge in [0.2, 0.25) is 0 Å². The van der Waals surface area contributed by atoms with Crippen molar-refractivity contribution in [1.82, 2.24) is 10.2 Å². The molecular weight excluding hydrogens is 244 g/mol. The van der Waals surface area contributed by atoms with Crippen molar-refractivity contribution >= 4 is 11.6 Å². The number of nitrogens with one attached hydrogen (secondary N) is 1. The lowest BCUT2D eigenvalue weighted by Crippen LogP contribution is -2.29. The molecule has 1 aromatic rings. The van der Waals surface area contributed by atoms with Crippen molar-refractivity contribution in [2.45, 2.75) is 25.8 Å². The van der Waals surface area contributed by atoms with Crippen molar-refractivity contribution in [3.05, 3.63) is 34.9 Å². The number of rotatable bonds is 5. The number of benzene rings is 1. The molecule has 100 valence electrons. The number of nitrogens with zero attached hydrogens (tertiary/aromatic N) is 1. The molecule has 0 saturated carbocycles. The van der Waals surface area contributed by atoms with E-state index in [0.717, 1.165) is 11.6 Å². The lowest BCUT2D eigenvalue weighted by molar-refractivity contribution is 0.227. The molecule has 3 heteroatoms. The Hall–Kier alpha value is -0.570. The lowest BCUT2D eigenvalue weighted by Gasteiger charge is -2.28. The van der Waals surface area contributed by atoms with Crippen LogP contribution in [0.4, 0.5) is 0 Å². The summed E-state index contributed by atoms with van der Waals surface area (Å²) in [6.45, 7) is 5.75. The predicted octanol–water partition coefficient (Wildman–Crippen LogP) is 3.33. The lowest BCUT2D eigenvalue weighted by atomic mass is 9.93. The molecule has 18 heavy (non-hydrogen) atoms. The van der Waals surface area contributed by atoms with Gasteiger partial charge in [-0.3, -0.25) is 4.90 Å². The summed E-state index contributed by atoms with van der Waals surface area (Å²) in [5.74, 6) is 0.711. The van der Waals surface area contributed by atoms with Crippen LogP contribution >= 0.6 is 11.6 Å². The largest absolute Gasteiger partial charge is 0.319 e. The fourth-order valence-electron chi connectivity index (χ4n) is 3.08. The number of likely N-dealkylation sites (tertiary alicyclic amines) is 1. The van der Waals surface area contributed by atoms with Crippen molar-refractivity contribution in [3.63, 3.8) is 0 Å². The summed E-state index contributed by atoms with van der Waals surface area (Å²) in [5.41, 5.74) is 1.41. The molecule has 0 radical (unpaired) electrons. The quantitative estimate of drug-likeness (QED) is 0.880. The van der Waals surface area contributed by atoms with Gasteiger partial charge in [0.1, 0.15) is 0 Å². The zero-order valence-corrected chi connectivity index (χ0v) is 12.1. The molecule has 0 amide bonds. The molecule has 0 bridgehead atoms. The second-order valence-corrected chi connectivity index (χ2v) is 5.58. The Bertz CT molecular complexity index is 349. The van der Waals surface area contributed by atoms with E-state index < -0.39 is 0 Å². The van der Waals surface area contributed by atoms with E-state index >= 15 is 0 Å². The Balaban J connectivity index is 2.19. The highest BCUT2D eigenvalue weighted by molar-refractivity contribution is 6.30. The Labute approximate surface area is 115 Å². The third-order valence-electron chi connectivity index (χ3n) is 3.82. The molecule has 1 aliphatic heterocycles. The average Bonchev–Trinajstić information content (AvgIpc) is 2.75. The van der Waals surface area contributed by atoms with Gasteiger partial charge in [-0.1, -0.05) is 30.7 Å². The summed E-state index contributed by atoms with van der Waals surface area (Å²) in [6.07, 6.45) is 2.50. The first kappa shape index (κ1) is 13.9. The number of halogens is 1. The number of hydrogen-bond acceptors (Lipinski definition) is 2. The van der Waals surface area contributed by atoms with E-state index in [1.165, 1.54) is 31.5 Å². The molecule has 1 saturated heterocycles. The monoisotopic (exact) mass is 266 g/mol. The van der Waals surface area contributed by atoms with Gasteiger partial charge in [0.25, 0.3) is 0 Å². The van der Waals surface area contributed by atoms with Crippen LogP contribution in [-0.2, 0) is 0 Å². The standard InChI is InChI=1S/C15H23ClN2/c1-3-9-18-10-8-13(11-17-2)15(18)12-4-6-14(16)7-5-12/h4-7,13,15,17H,3,8-11H2,1-2H3. The van der Waals surface area contributed by atoms with Crippen LogP contribution in [0.2, 0.25) is 5.02 Å². The molecule has 1 fully saturated rings. The van der Waals surface area contributed by atoms with Crippen LogP contribution in [0.15, 0.2) is 24.3 Å². The van der Waals surface area contributed by atoms with Crippen molar-refractivity contribution in [2.75, 3.05) is 26.7 Å². The molecule has 0 aliphatic carbocycles. The highest BCUT2D eigenvalue weighted by Gasteiger charge is 2.33. The van der Waals surface area contributed by atoms with Gasteiger partial charge in [0.05, 0.1) is 0 Å². The Morgan fingerprint density at radius 1 is 1.33 bits per heavy atom. The maximum atomic E-state index is 5.99. The van der Waals surface area contributed by atoms with Gasteiger partial charge < -0.3 is 5.32 Å². The fourth-order valence-corrected chi connectivity index (χ4v) is 3.21. The van der Waals surface area contributed by atoms with Gasteiger partial charge in [-0.15, -0.1) is 0 Å². The summed E-state index contributed by atoms with van der Waals surface area (Å²) in [4.78, 5) is 2.62. The third kappa shape index (κ3) is 3.05. The van der Waals surface area contributed by atoms with E-state index in [9.17, 15) is 0 Å². The van der Waals surface area contributed by atoms with Gasteiger partial charge in [-0.2, -0.15) is 0 Å². The van der Waals surface area contributed by atoms with E-state index in [1.54, 1.807) is 0 Å². The number of hydrogen-bond donors (Lipinski definition) is 1. The fraction of sp³-hybridized carbons (Fsp3) is 0.600. The van der Waals surface area contributed by atoms with E-state index in [-0.39, 0.29) is 0 Å². The summed E-state index contributed by atoms with van der Waals surface area (Å²) in [7, 11) is 2.04. The van der Waals surface area contributed by atoms with Crippen LogP contribution in [0.5, 0.6) is 0 Å². The normalized spacial score (nSPS) is 24.6. The van der Waals surface area contributed by atoms with Crippen LogP contribution < -0.4 is 5.32 Å². The second-order valence-electron chi connectivity index (χ2n) is 5.14. The molecule has 2 unspecified atom stereocenters. The van der Waals surface area contributed by atoms with E-state index in [4.69, 9.17) is 11.6 Å². The van der Waals surface area contributed by atoms with Gasteiger partial charge in [0.15, 0.2) is 0 Å². The first-order valence-corrected chi connectivity index (χ1v) is 7.28. The zero-order chi connectivity index (χ0) is 13.0. The highest BCUT2D eigenvalue weighted by atomic mass is 35.5. The first-order valence-electron chi connectivity index (χ1n) is 6.90. The average molecular weight is 267 g/mol. The first-order chi connectivity index (χ1) is 8.76. The maximum absolute atomic E-state index is 5.99. The van der Waals surface area contributed by atoms with Crippen molar-refractivity contribution in [2.24, 2.45) is 5.92 Å². The minimum Gasteiger partial charge on any atom is -0.319 e. The van der Waals surface area contributed by atoms with Gasteiger partial charge in [0, 0.05) is 11.1 Å². The molecule has 2 rings (SSSR count). The molecule has 0 spiro atoms. The van der Waals surface area contributed by atoms with E-state index in [1.807, 2.05) is 19.2 Å². The Morgan fingerprint density at radius 2 is 2.06 bits per heavy atom. The third-order valence-corrected chi connectivity index (χ3v) is 4.07. The minimum absolute atomic E-state index is 0.551. The van der Waals surface area contributed by atoms with Gasteiger partial charge in [-0.25, -0.2) is 0 Å². The molecule has 0 aromatic heterocycles. The van der Waals surface area contributed by atoms with Crippen molar-refractivity contribution in [1.29, 1.82) is 0 Å². The maximum Gasteiger partial charge on any atom is 0.0406 e. The smallest absolute Gasteiger partial charge is 0.0406 e. The molecule has 2 nitrogen and oxygen atoms in total. The van der Waals surface area contributed by atoms with Crippen LogP contribution in [0.1, 0.15) is 31.4 Å². The molecule has 1 aromatic carbocycles. The second kappa shape index (κ2) is 6.55. The van der Waals surface area contributed by atoms with Gasteiger partial charge >= 0.3 is 0 Å². The topological polar surface area (TPSA) is 15.3 Å². The van der Waals surface area contributed by atoms with Crippen LogP contribution in [0.25, 0.3) is 0 Å². The van der Waals surface area contributed by atoms with Crippen LogP contribution in [0.3, 0.4) is 0 Å². The summed E-state index contributed by atoms with van der Waals surface area (Å²) in [5, 5.41) is 4.15. The van der Waals surface area contributed by atoms with Gasteiger partial charge in [-0.05, 0) is 63.1 Å². The van der Waals surface area contributed by atoms with Crippen molar-refractivity contribution < 1.29 is 0 Å². The van der Waals surface area contributed by atoms with Crippen LogP contribution in [0, 0.1) is 5.92 Å². The molecule has 1 heterocycles. The Morgan fingerprint density at radius 3 is 2.67 bits per heavy atom. The minimum atomic E-state index is 0.551. The molecule has 1 aliphatic rings. The molecular formula is C15H23ClN2. The van der Waals surface area contributed by atoms with E-state index in [0.29, 0.717) is 12.0 Å². The van der Waals surface area contributed by atoms with E-state index in [2.05, 4.69) is 29.3 Å². The predicted molar refractivity (Wildman–Crippen MR) is 78.1 cm³/mol. The van der Waals surface area contributed by atoms with Crippen LogP contribution in [-0.4, -0.2) is 31.6 Å². The highest BCUT2D eigenvalue weighted by Crippen LogP contribution is 2.37. The molecule has 1 N–H and O–H groups in total. The summed E-state index contributed by atoms with van der Waals surface area (Å²) in [6, 6.07) is 8.94. The van der Waals surface area contributed by atoms with Crippen molar-refractivity contribution in [3.8, 4) is 0 Å². The molecule has 2 atom stereocenters.